The molecule has 0 aliphatic heterocycles. The number of hydrogen-bond donors (Lipinski definition) is 0. The molecule has 0 atom stereocenters. The van der Waals surface area contributed by atoms with Crippen LogP contribution in [0.25, 0.3) is 0 Å². The summed E-state index contributed by atoms with van der Waals surface area (Å²) in [7, 11) is 0. The van der Waals surface area contributed by atoms with Crippen LogP contribution in [-0.4, -0.2) is 0 Å². The molecule has 3 aromatic carbocycles. The van der Waals surface area contributed by atoms with Crippen LogP contribution >= 0.6 is 0 Å². The van der Waals surface area contributed by atoms with Crippen LogP contribution in [0.15, 0.2) is 78.9 Å². The summed E-state index contributed by atoms with van der Waals surface area (Å²) >= 11 is 0. The Morgan fingerprint density at radius 1 is 0.652 bits per heavy atom. The van der Waals surface area contributed by atoms with Gasteiger partial charge in [0.05, 0.1) is 0 Å². The number of halogens is 1. The maximum absolute atomic E-state index is 12.9. The van der Waals surface area contributed by atoms with Crippen LogP contribution in [0.1, 0.15) is 16.7 Å². The van der Waals surface area contributed by atoms with Crippen LogP contribution < -0.4 is 4.74 Å². The lowest BCUT2D eigenvalue weighted by molar-refractivity contribution is 0.306. The molecule has 0 N–H and O–H groups in total. The van der Waals surface area contributed by atoms with E-state index in [4.69, 9.17) is 4.74 Å². The molecule has 1 nitrogen and oxygen atoms in total. The fourth-order valence-electron chi connectivity index (χ4n) is 2.47. The van der Waals surface area contributed by atoms with E-state index in [1.807, 2.05) is 42.5 Å². The molecule has 0 radical (unpaired) electrons. The molecule has 0 bridgehead atoms. The molecule has 2 heteroatoms. The monoisotopic (exact) mass is 306 g/mol. The van der Waals surface area contributed by atoms with Crippen LogP contribution in [0.5, 0.6) is 5.75 Å². The molecule has 0 aliphatic carbocycles. The van der Waals surface area contributed by atoms with E-state index in [9.17, 15) is 4.39 Å². The minimum absolute atomic E-state index is 0.190. The molecule has 0 aromatic heterocycles. The van der Waals surface area contributed by atoms with E-state index >= 15 is 0 Å². The zero-order valence-electron chi connectivity index (χ0n) is 12.9. The van der Waals surface area contributed by atoms with Crippen molar-refractivity contribution in [3.05, 3.63) is 101 Å². The first-order chi connectivity index (χ1) is 11.3. The standard InChI is InChI=1S/C21H19FO/c22-20-13-11-17(12-14-20)9-10-18-7-4-8-21(15-18)23-16-19-5-2-1-3-6-19/h1-8,11-15H,9-10,16H2. The Hall–Kier alpha value is -2.61. The molecule has 116 valence electrons. The van der Waals surface area contributed by atoms with Gasteiger partial charge in [-0.1, -0.05) is 54.6 Å². The van der Waals surface area contributed by atoms with E-state index in [2.05, 4.69) is 24.3 Å². The highest BCUT2D eigenvalue weighted by molar-refractivity contribution is 5.30. The zero-order chi connectivity index (χ0) is 15.9. The van der Waals surface area contributed by atoms with Gasteiger partial charge in [-0.25, -0.2) is 4.39 Å². The quantitative estimate of drug-likeness (QED) is 0.609. The Labute approximate surface area is 136 Å². The van der Waals surface area contributed by atoms with Crippen molar-refractivity contribution < 1.29 is 9.13 Å². The molecule has 0 spiro atoms. The average molecular weight is 306 g/mol. The zero-order valence-corrected chi connectivity index (χ0v) is 12.9. The normalized spacial score (nSPS) is 10.5. The van der Waals surface area contributed by atoms with E-state index in [1.54, 1.807) is 0 Å². The van der Waals surface area contributed by atoms with Crippen LogP contribution in [0, 0.1) is 5.82 Å². The van der Waals surface area contributed by atoms with Gasteiger partial charge in [0, 0.05) is 0 Å². The minimum atomic E-state index is -0.190. The van der Waals surface area contributed by atoms with Gasteiger partial charge in [-0.15, -0.1) is 0 Å². The third kappa shape index (κ3) is 4.68. The van der Waals surface area contributed by atoms with Crippen LogP contribution in [0.4, 0.5) is 4.39 Å². The Morgan fingerprint density at radius 3 is 2.13 bits per heavy atom. The summed E-state index contributed by atoms with van der Waals surface area (Å²) in [4.78, 5) is 0. The molecule has 0 heterocycles. The van der Waals surface area contributed by atoms with Gasteiger partial charge >= 0.3 is 0 Å². The van der Waals surface area contributed by atoms with E-state index < -0.39 is 0 Å². The lowest BCUT2D eigenvalue weighted by atomic mass is 10.0. The van der Waals surface area contributed by atoms with Gasteiger partial charge in [-0.05, 0) is 53.8 Å². The van der Waals surface area contributed by atoms with Gasteiger partial charge in [-0.3, -0.25) is 0 Å². The van der Waals surface area contributed by atoms with Crippen molar-refractivity contribution in [1.82, 2.24) is 0 Å². The third-order valence-electron chi connectivity index (χ3n) is 3.76. The summed E-state index contributed by atoms with van der Waals surface area (Å²) in [5.41, 5.74) is 3.52. The molecule has 0 amide bonds. The predicted octanol–water partition coefficient (Wildman–Crippen LogP) is 5.19. The average Bonchev–Trinajstić information content (AvgIpc) is 2.61. The first-order valence-corrected chi connectivity index (χ1v) is 7.80. The SMILES string of the molecule is Fc1ccc(CCc2cccc(OCc3ccccc3)c2)cc1. The Kier molecular flexibility index (Phi) is 5.05. The fourth-order valence-corrected chi connectivity index (χ4v) is 2.47. The van der Waals surface area contributed by atoms with E-state index in [0.29, 0.717) is 6.61 Å². The first-order valence-electron chi connectivity index (χ1n) is 7.80. The van der Waals surface area contributed by atoms with Crippen LogP contribution in [0.3, 0.4) is 0 Å². The molecule has 23 heavy (non-hydrogen) atoms. The Morgan fingerprint density at radius 2 is 1.35 bits per heavy atom. The Balaban J connectivity index is 1.57. The minimum Gasteiger partial charge on any atom is -0.489 e. The highest BCUT2D eigenvalue weighted by Gasteiger charge is 2.00. The molecule has 0 saturated heterocycles. The summed E-state index contributed by atoms with van der Waals surface area (Å²) in [5.74, 6) is 0.690. The lowest BCUT2D eigenvalue weighted by Gasteiger charge is -2.08. The summed E-state index contributed by atoms with van der Waals surface area (Å²) < 4.78 is 18.8. The van der Waals surface area contributed by atoms with Crippen molar-refractivity contribution in [3.63, 3.8) is 0 Å². The number of rotatable bonds is 6. The molecule has 3 rings (SSSR count). The molecule has 0 unspecified atom stereocenters. The van der Waals surface area contributed by atoms with Gasteiger partial charge in [0.2, 0.25) is 0 Å². The van der Waals surface area contributed by atoms with Crippen molar-refractivity contribution >= 4 is 0 Å². The van der Waals surface area contributed by atoms with Gasteiger partial charge in [-0.2, -0.15) is 0 Å². The molecule has 3 aromatic rings. The molecule has 0 saturated carbocycles. The van der Waals surface area contributed by atoms with Gasteiger partial charge in [0.25, 0.3) is 0 Å². The third-order valence-corrected chi connectivity index (χ3v) is 3.76. The Bertz CT molecular complexity index is 735. The number of benzene rings is 3. The molecular weight excluding hydrogens is 287 g/mol. The first kappa shape index (κ1) is 15.3. The largest absolute Gasteiger partial charge is 0.489 e. The number of aryl methyl sites for hydroxylation is 2. The number of ether oxygens (including phenoxy) is 1. The highest BCUT2D eigenvalue weighted by atomic mass is 19.1. The van der Waals surface area contributed by atoms with Crippen molar-refractivity contribution in [3.8, 4) is 5.75 Å². The second kappa shape index (κ2) is 7.59. The predicted molar refractivity (Wildman–Crippen MR) is 91.0 cm³/mol. The van der Waals surface area contributed by atoms with E-state index in [0.717, 1.165) is 29.7 Å². The van der Waals surface area contributed by atoms with Crippen molar-refractivity contribution in [2.45, 2.75) is 19.4 Å². The van der Waals surface area contributed by atoms with Gasteiger partial charge in [0.1, 0.15) is 18.2 Å². The lowest BCUT2D eigenvalue weighted by Crippen LogP contribution is -1.96. The smallest absolute Gasteiger partial charge is 0.123 e. The van der Waals surface area contributed by atoms with E-state index in [-0.39, 0.29) is 5.82 Å². The second-order valence-corrected chi connectivity index (χ2v) is 5.55. The molecule has 0 fully saturated rings. The van der Waals surface area contributed by atoms with E-state index in [1.165, 1.54) is 17.7 Å². The van der Waals surface area contributed by atoms with Crippen molar-refractivity contribution in [1.29, 1.82) is 0 Å². The van der Waals surface area contributed by atoms with Crippen LogP contribution in [0.2, 0.25) is 0 Å². The summed E-state index contributed by atoms with van der Waals surface area (Å²) in [6.45, 7) is 0.572. The maximum Gasteiger partial charge on any atom is 0.123 e. The molecular formula is C21H19FO. The fraction of sp³-hybridized carbons (Fsp3) is 0.143. The van der Waals surface area contributed by atoms with Gasteiger partial charge in [0.15, 0.2) is 0 Å². The van der Waals surface area contributed by atoms with Gasteiger partial charge < -0.3 is 4.74 Å². The maximum atomic E-state index is 12.9. The summed E-state index contributed by atoms with van der Waals surface area (Å²) in [5, 5.41) is 0. The second-order valence-electron chi connectivity index (χ2n) is 5.55. The number of hydrogen-bond acceptors (Lipinski definition) is 1. The highest BCUT2D eigenvalue weighted by Crippen LogP contribution is 2.17. The summed E-state index contributed by atoms with van der Waals surface area (Å²) in [6.07, 6.45) is 1.80. The molecule has 0 aliphatic rings. The van der Waals surface area contributed by atoms with Crippen LogP contribution in [-0.2, 0) is 19.4 Å². The van der Waals surface area contributed by atoms with Crippen molar-refractivity contribution in [2.75, 3.05) is 0 Å². The van der Waals surface area contributed by atoms with Crippen molar-refractivity contribution in [2.24, 2.45) is 0 Å². The topological polar surface area (TPSA) is 9.23 Å². The summed E-state index contributed by atoms with van der Waals surface area (Å²) in [6, 6.07) is 25.0.